The molecule has 1 amide bonds. The van der Waals surface area contributed by atoms with Gasteiger partial charge >= 0.3 is 0 Å². The van der Waals surface area contributed by atoms with Gasteiger partial charge in [-0.25, -0.2) is 0 Å². The SMILES string of the molecule is Cc1ccc(SC2C(=O)N(Cc3ccccc3)c3cccc(Cl)c32)cc1. The maximum absolute atomic E-state index is 13.2. The third kappa shape index (κ3) is 3.25. The highest BCUT2D eigenvalue weighted by Gasteiger charge is 2.39. The van der Waals surface area contributed by atoms with Crippen molar-refractivity contribution in [1.82, 2.24) is 0 Å². The van der Waals surface area contributed by atoms with Gasteiger partial charge in [0.1, 0.15) is 5.25 Å². The van der Waals surface area contributed by atoms with E-state index < -0.39 is 0 Å². The molecular weight excluding hydrogens is 362 g/mol. The minimum Gasteiger partial charge on any atom is -0.306 e. The Hall–Kier alpha value is -2.23. The smallest absolute Gasteiger partial charge is 0.245 e. The second-order valence-electron chi connectivity index (χ2n) is 6.39. The Morgan fingerprint density at radius 2 is 1.69 bits per heavy atom. The number of hydrogen-bond donors (Lipinski definition) is 0. The molecular formula is C22H18ClNOS. The van der Waals surface area contributed by atoms with Gasteiger partial charge in [0, 0.05) is 15.5 Å². The van der Waals surface area contributed by atoms with Gasteiger partial charge < -0.3 is 4.90 Å². The molecule has 1 atom stereocenters. The summed E-state index contributed by atoms with van der Waals surface area (Å²) in [6.07, 6.45) is 0. The van der Waals surface area contributed by atoms with Crippen LogP contribution in [0.3, 0.4) is 0 Å². The molecule has 4 heteroatoms. The van der Waals surface area contributed by atoms with Crippen molar-refractivity contribution in [1.29, 1.82) is 0 Å². The molecule has 4 rings (SSSR count). The number of fused-ring (bicyclic) bond motifs is 1. The van der Waals surface area contributed by atoms with Gasteiger partial charge in [0.15, 0.2) is 0 Å². The first-order valence-electron chi connectivity index (χ1n) is 8.50. The van der Waals surface area contributed by atoms with Crippen LogP contribution < -0.4 is 4.90 Å². The second-order valence-corrected chi connectivity index (χ2v) is 7.98. The monoisotopic (exact) mass is 379 g/mol. The number of nitrogens with zero attached hydrogens (tertiary/aromatic N) is 1. The first kappa shape index (κ1) is 17.2. The van der Waals surface area contributed by atoms with Gasteiger partial charge in [-0.2, -0.15) is 0 Å². The van der Waals surface area contributed by atoms with Gasteiger partial charge in [-0.3, -0.25) is 4.79 Å². The number of aryl methyl sites for hydroxylation is 1. The van der Waals surface area contributed by atoms with Crippen LogP contribution in [0.25, 0.3) is 0 Å². The number of benzene rings is 3. The molecule has 0 saturated carbocycles. The summed E-state index contributed by atoms with van der Waals surface area (Å²) in [5.74, 6) is 0.0857. The Kier molecular flexibility index (Phi) is 4.75. The summed E-state index contributed by atoms with van der Waals surface area (Å²) in [6.45, 7) is 2.61. The molecule has 0 aliphatic carbocycles. The fourth-order valence-corrected chi connectivity index (χ4v) is 4.70. The van der Waals surface area contributed by atoms with Crippen LogP contribution in [0.4, 0.5) is 5.69 Å². The Bertz CT molecular complexity index is 940. The van der Waals surface area contributed by atoms with Crippen molar-refractivity contribution in [3.05, 3.63) is 94.5 Å². The molecule has 0 bridgehead atoms. The molecule has 3 aromatic carbocycles. The number of halogens is 1. The molecule has 0 spiro atoms. The van der Waals surface area contributed by atoms with Gasteiger partial charge in [0.2, 0.25) is 5.91 Å². The molecule has 0 saturated heterocycles. The highest BCUT2D eigenvalue weighted by molar-refractivity contribution is 8.00. The predicted molar refractivity (Wildman–Crippen MR) is 109 cm³/mol. The lowest BCUT2D eigenvalue weighted by atomic mass is 10.1. The van der Waals surface area contributed by atoms with Crippen LogP contribution in [0.2, 0.25) is 5.02 Å². The van der Waals surface area contributed by atoms with Crippen LogP contribution in [0, 0.1) is 6.92 Å². The number of anilines is 1. The van der Waals surface area contributed by atoms with Gasteiger partial charge in [0.25, 0.3) is 0 Å². The fourth-order valence-electron chi connectivity index (χ4n) is 3.20. The fraction of sp³-hybridized carbons (Fsp3) is 0.136. The van der Waals surface area contributed by atoms with Crippen LogP contribution in [0.1, 0.15) is 21.9 Å². The normalized spacial score (nSPS) is 16.0. The van der Waals surface area contributed by atoms with Crippen LogP contribution >= 0.6 is 23.4 Å². The molecule has 0 N–H and O–H groups in total. The Morgan fingerprint density at radius 1 is 0.962 bits per heavy atom. The van der Waals surface area contributed by atoms with Crippen molar-refractivity contribution >= 4 is 35.0 Å². The summed E-state index contributed by atoms with van der Waals surface area (Å²) in [4.78, 5) is 16.2. The van der Waals surface area contributed by atoms with E-state index in [0.29, 0.717) is 11.6 Å². The second kappa shape index (κ2) is 7.18. The molecule has 3 aromatic rings. The third-order valence-corrected chi connectivity index (χ3v) is 6.08. The van der Waals surface area contributed by atoms with Crippen LogP contribution in [0.5, 0.6) is 0 Å². The van der Waals surface area contributed by atoms with E-state index in [9.17, 15) is 4.79 Å². The summed E-state index contributed by atoms with van der Waals surface area (Å²) in [5, 5.41) is 0.334. The van der Waals surface area contributed by atoms with Crippen molar-refractivity contribution in [2.75, 3.05) is 4.90 Å². The van der Waals surface area contributed by atoms with E-state index in [0.717, 1.165) is 21.7 Å². The Morgan fingerprint density at radius 3 is 2.42 bits per heavy atom. The van der Waals surface area contributed by atoms with Crippen LogP contribution in [-0.4, -0.2) is 5.91 Å². The van der Waals surface area contributed by atoms with Gasteiger partial charge in [-0.15, -0.1) is 11.8 Å². The maximum atomic E-state index is 13.2. The number of rotatable bonds is 4. The van der Waals surface area contributed by atoms with Crippen molar-refractivity contribution in [2.24, 2.45) is 0 Å². The molecule has 2 nitrogen and oxygen atoms in total. The summed E-state index contributed by atoms with van der Waals surface area (Å²) in [7, 11) is 0. The van der Waals surface area contributed by atoms with Crippen molar-refractivity contribution < 1.29 is 4.79 Å². The van der Waals surface area contributed by atoms with Crippen molar-refractivity contribution in [2.45, 2.75) is 23.6 Å². The van der Waals surface area contributed by atoms with Gasteiger partial charge in [-0.1, -0.05) is 65.7 Å². The minimum absolute atomic E-state index is 0.0857. The number of amides is 1. The number of hydrogen-bond acceptors (Lipinski definition) is 2. The molecule has 26 heavy (non-hydrogen) atoms. The van der Waals surface area contributed by atoms with Crippen LogP contribution in [0.15, 0.2) is 77.7 Å². The largest absolute Gasteiger partial charge is 0.306 e. The Balaban J connectivity index is 1.69. The van der Waals surface area contributed by atoms with E-state index >= 15 is 0 Å². The molecule has 130 valence electrons. The zero-order valence-corrected chi connectivity index (χ0v) is 15.9. The first-order valence-corrected chi connectivity index (χ1v) is 9.76. The summed E-state index contributed by atoms with van der Waals surface area (Å²) in [5.41, 5.74) is 4.14. The van der Waals surface area contributed by atoms with Crippen molar-refractivity contribution in [3.63, 3.8) is 0 Å². The van der Waals surface area contributed by atoms with E-state index in [2.05, 4.69) is 31.2 Å². The predicted octanol–water partition coefficient (Wildman–Crippen LogP) is 6.03. The number of carbonyl (C=O) groups is 1. The zero-order chi connectivity index (χ0) is 18.1. The lowest BCUT2D eigenvalue weighted by molar-refractivity contribution is -0.117. The average Bonchev–Trinajstić information content (AvgIpc) is 2.91. The van der Waals surface area contributed by atoms with E-state index in [4.69, 9.17) is 11.6 Å². The highest BCUT2D eigenvalue weighted by Crippen LogP contribution is 2.49. The summed E-state index contributed by atoms with van der Waals surface area (Å²) < 4.78 is 0. The highest BCUT2D eigenvalue weighted by atomic mass is 35.5. The van der Waals surface area contributed by atoms with Gasteiger partial charge in [0.05, 0.1) is 12.2 Å². The van der Waals surface area contributed by atoms with E-state index in [1.54, 1.807) is 11.8 Å². The lowest BCUT2D eigenvalue weighted by Crippen LogP contribution is -2.27. The Labute approximate surface area is 162 Å². The summed E-state index contributed by atoms with van der Waals surface area (Å²) >= 11 is 8.06. The van der Waals surface area contributed by atoms with Crippen LogP contribution in [-0.2, 0) is 11.3 Å². The molecule has 1 aliphatic heterocycles. The molecule has 1 unspecified atom stereocenters. The molecule has 0 radical (unpaired) electrons. The van der Waals surface area contributed by atoms with Gasteiger partial charge in [-0.05, 0) is 36.8 Å². The third-order valence-electron chi connectivity index (χ3n) is 4.53. The number of carbonyl (C=O) groups excluding carboxylic acids is 1. The number of thioether (sulfide) groups is 1. The minimum atomic E-state index is -0.315. The standard InChI is InChI=1S/C22H18ClNOS/c1-15-10-12-17(13-11-15)26-21-20-18(23)8-5-9-19(20)24(22(21)25)14-16-6-3-2-4-7-16/h2-13,21H,14H2,1H3. The van der Waals surface area contributed by atoms with E-state index in [1.807, 2.05) is 53.4 Å². The molecule has 1 aliphatic rings. The van der Waals surface area contributed by atoms with E-state index in [-0.39, 0.29) is 11.2 Å². The molecule has 0 aromatic heterocycles. The maximum Gasteiger partial charge on any atom is 0.245 e. The zero-order valence-electron chi connectivity index (χ0n) is 14.4. The van der Waals surface area contributed by atoms with E-state index in [1.165, 1.54) is 5.56 Å². The lowest BCUT2D eigenvalue weighted by Gasteiger charge is -2.18. The molecule has 1 heterocycles. The summed E-state index contributed by atoms with van der Waals surface area (Å²) in [6, 6.07) is 24.1. The van der Waals surface area contributed by atoms with Crippen molar-refractivity contribution in [3.8, 4) is 0 Å². The topological polar surface area (TPSA) is 20.3 Å². The molecule has 0 fully saturated rings. The first-order chi connectivity index (χ1) is 12.6. The quantitative estimate of drug-likeness (QED) is 0.551. The average molecular weight is 380 g/mol.